The normalized spacial score (nSPS) is 16.9. The summed E-state index contributed by atoms with van der Waals surface area (Å²) < 4.78 is 28.8. The van der Waals surface area contributed by atoms with Crippen molar-refractivity contribution in [2.75, 3.05) is 27.4 Å². The lowest BCUT2D eigenvalue weighted by Gasteiger charge is -2.32. The number of carbonyl (C=O) groups excluding carboxylic acids is 2. The van der Waals surface area contributed by atoms with Crippen LogP contribution in [0.15, 0.2) is 72.2 Å². The highest BCUT2D eigenvalue weighted by molar-refractivity contribution is 6.56. The zero-order valence-electron chi connectivity index (χ0n) is 24.9. The van der Waals surface area contributed by atoms with Gasteiger partial charge in [0.2, 0.25) is 0 Å². The highest BCUT2D eigenvalue weighted by Crippen LogP contribution is 2.44. The SMILES string of the molecule is COC(=O)c1ccc(C=C(CNC(=O)OCC2c3ccccc3-c3ccccc32)B2OC(C)(C)C(C)(C)O2)c(OC)c1. The summed E-state index contributed by atoms with van der Waals surface area (Å²) in [6.45, 7) is 8.18. The predicted molar refractivity (Wildman–Crippen MR) is 161 cm³/mol. The zero-order chi connectivity index (χ0) is 30.1. The van der Waals surface area contributed by atoms with Crippen molar-refractivity contribution in [3.05, 3.63) is 94.5 Å². The molecule has 0 spiro atoms. The van der Waals surface area contributed by atoms with Gasteiger partial charge in [-0.3, -0.25) is 0 Å². The quantitative estimate of drug-likeness (QED) is 0.261. The van der Waals surface area contributed by atoms with Gasteiger partial charge in [0.1, 0.15) is 12.4 Å². The lowest BCUT2D eigenvalue weighted by Crippen LogP contribution is -2.41. The van der Waals surface area contributed by atoms with E-state index in [1.54, 1.807) is 18.2 Å². The smallest absolute Gasteiger partial charge is 0.492 e. The summed E-state index contributed by atoms with van der Waals surface area (Å²) >= 11 is 0. The molecule has 9 heteroatoms. The highest BCUT2D eigenvalue weighted by atomic mass is 16.7. The summed E-state index contributed by atoms with van der Waals surface area (Å²) in [4.78, 5) is 25.1. The van der Waals surface area contributed by atoms with Crippen molar-refractivity contribution in [1.82, 2.24) is 5.32 Å². The lowest BCUT2D eigenvalue weighted by molar-refractivity contribution is 0.00578. The first-order valence-corrected chi connectivity index (χ1v) is 14.0. The molecular formula is C33H36BNO7. The molecule has 8 nitrogen and oxygen atoms in total. The number of ether oxygens (including phenoxy) is 3. The summed E-state index contributed by atoms with van der Waals surface area (Å²) in [5.41, 5.74) is 5.16. The number of benzene rings is 3. The number of rotatable bonds is 8. The van der Waals surface area contributed by atoms with Crippen LogP contribution in [0.25, 0.3) is 17.2 Å². The molecule has 42 heavy (non-hydrogen) atoms. The first kappa shape index (κ1) is 29.4. The molecule has 0 atom stereocenters. The third kappa shape index (κ3) is 5.67. The van der Waals surface area contributed by atoms with E-state index in [1.165, 1.54) is 25.3 Å². The third-order valence-electron chi connectivity index (χ3n) is 8.33. The molecule has 1 fully saturated rings. The maximum Gasteiger partial charge on any atom is 0.492 e. The number of methoxy groups -OCH3 is 2. The Labute approximate surface area is 247 Å². The van der Waals surface area contributed by atoms with Gasteiger partial charge in [-0.15, -0.1) is 0 Å². The van der Waals surface area contributed by atoms with Gasteiger partial charge in [0.05, 0.1) is 31.0 Å². The number of carbonyl (C=O) groups is 2. The minimum absolute atomic E-state index is 0.0427. The van der Waals surface area contributed by atoms with Crippen molar-refractivity contribution in [3.8, 4) is 16.9 Å². The number of nitrogens with one attached hydrogen (secondary N) is 1. The minimum Gasteiger partial charge on any atom is -0.496 e. The number of hydrogen-bond acceptors (Lipinski definition) is 7. The Morgan fingerprint density at radius 2 is 1.50 bits per heavy atom. The molecule has 218 valence electrons. The van der Waals surface area contributed by atoms with Crippen LogP contribution in [-0.2, 0) is 18.8 Å². The van der Waals surface area contributed by atoms with E-state index in [2.05, 4.69) is 29.6 Å². The maximum absolute atomic E-state index is 13.0. The van der Waals surface area contributed by atoms with Crippen LogP contribution in [0.3, 0.4) is 0 Å². The average Bonchev–Trinajstić information content (AvgIpc) is 3.42. The first-order chi connectivity index (χ1) is 20.0. The number of hydrogen-bond donors (Lipinski definition) is 1. The summed E-state index contributed by atoms with van der Waals surface area (Å²) in [6, 6.07) is 21.4. The first-order valence-electron chi connectivity index (χ1n) is 14.0. The molecule has 5 rings (SSSR count). The predicted octanol–water partition coefficient (Wildman–Crippen LogP) is 6.04. The largest absolute Gasteiger partial charge is 0.496 e. The van der Waals surface area contributed by atoms with Crippen molar-refractivity contribution in [1.29, 1.82) is 0 Å². The van der Waals surface area contributed by atoms with Gasteiger partial charge < -0.3 is 28.8 Å². The molecule has 1 amide bonds. The van der Waals surface area contributed by atoms with Crippen molar-refractivity contribution in [2.24, 2.45) is 0 Å². The van der Waals surface area contributed by atoms with Crippen LogP contribution < -0.4 is 10.1 Å². The van der Waals surface area contributed by atoms with Crippen LogP contribution in [0.4, 0.5) is 4.79 Å². The molecule has 0 bridgehead atoms. The van der Waals surface area contributed by atoms with E-state index >= 15 is 0 Å². The van der Waals surface area contributed by atoms with Crippen LogP contribution in [0.5, 0.6) is 5.75 Å². The second-order valence-corrected chi connectivity index (χ2v) is 11.4. The monoisotopic (exact) mass is 569 g/mol. The van der Waals surface area contributed by atoms with Crippen LogP contribution in [0.2, 0.25) is 0 Å². The van der Waals surface area contributed by atoms with Gasteiger partial charge in [0.15, 0.2) is 0 Å². The topological polar surface area (TPSA) is 92.3 Å². The molecule has 1 saturated heterocycles. The van der Waals surface area contributed by atoms with Gasteiger partial charge in [-0.25, -0.2) is 9.59 Å². The Morgan fingerprint density at radius 3 is 2.07 bits per heavy atom. The van der Waals surface area contributed by atoms with Crippen LogP contribution in [-0.4, -0.2) is 57.8 Å². The Kier molecular flexibility index (Phi) is 8.17. The molecule has 0 radical (unpaired) electrons. The lowest BCUT2D eigenvalue weighted by atomic mass is 9.77. The summed E-state index contributed by atoms with van der Waals surface area (Å²) in [5.74, 6) is -0.0427. The van der Waals surface area contributed by atoms with E-state index in [1.807, 2.05) is 58.0 Å². The Morgan fingerprint density at radius 1 is 0.905 bits per heavy atom. The summed E-state index contributed by atoms with van der Waals surface area (Å²) in [5, 5.41) is 2.88. The average molecular weight is 569 g/mol. The van der Waals surface area contributed by atoms with Gasteiger partial charge in [-0.2, -0.15) is 0 Å². The maximum atomic E-state index is 13.0. The fraction of sp³-hybridized carbons (Fsp3) is 0.333. The molecule has 1 N–H and O–H groups in total. The second kappa shape index (κ2) is 11.7. The molecule has 2 aliphatic rings. The van der Waals surface area contributed by atoms with E-state index in [0.717, 1.165) is 11.1 Å². The number of amides is 1. The molecule has 0 unspecified atom stereocenters. The van der Waals surface area contributed by atoms with Crippen LogP contribution in [0.1, 0.15) is 60.7 Å². The summed E-state index contributed by atoms with van der Waals surface area (Å²) in [6.07, 6.45) is 1.29. The van der Waals surface area contributed by atoms with Crippen molar-refractivity contribution in [2.45, 2.75) is 44.8 Å². The van der Waals surface area contributed by atoms with Gasteiger partial charge in [-0.05, 0) is 67.6 Å². The highest BCUT2D eigenvalue weighted by Gasteiger charge is 2.52. The number of fused-ring (bicyclic) bond motifs is 3. The van der Waals surface area contributed by atoms with E-state index < -0.39 is 30.4 Å². The molecule has 0 aromatic heterocycles. The Hall–Kier alpha value is -4.08. The van der Waals surface area contributed by atoms with E-state index in [0.29, 0.717) is 22.3 Å². The van der Waals surface area contributed by atoms with E-state index in [4.69, 9.17) is 23.5 Å². The Balaban J connectivity index is 1.34. The molecule has 1 aliphatic carbocycles. The van der Waals surface area contributed by atoms with Crippen molar-refractivity contribution in [3.63, 3.8) is 0 Å². The van der Waals surface area contributed by atoms with E-state index in [9.17, 15) is 9.59 Å². The van der Waals surface area contributed by atoms with Gasteiger partial charge >= 0.3 is 19.2 Å². The van der Waals surface area contributed by atoms with Crippen LogP contribution in [0, 0.1) is 0 Å². The fourth-order valence-electron chi connectivity index (χ4n) is 5.30. The summed E-state index contributed by atoms with van der Waals surface area (Å²) in [7, 11) is 2.12. The second-order valence-electron chi connectivity index (χ2n) is 11.4. The molecule has 1 aliphatic heterocycles. The molecule has 3 aromatic carbocycles. The molecular weight excluding hydrogens is 533 g/mol. The molecule has 0 saturated carbocycles. The Bertz CT molecular complexity index is 1470. The van der Waals surface area contributed by atoms with Crippen molar-refractivity contribution >= 4 is 25.3 Å². The molecule has 1 heterocycles. The standard InChI is InChI=1S/C33H36BNO7/c1-32(2)33(3,4)42-34(41-32)23(17-21-15-16-22(30(36)39-6)18-29(21)38-5)19-35-31(37)40-20-28-26-13-9-7-11-24(26)25-12-8-10-14-27(25)28/h7-18,28H,19-20H2,1-6H3,(H,35,37). The van der Waals surface area contributed by atoms with Gasteiger partial charge in [-0.1, -0.05) is 60.7 Å². The third-order valence-corrected chi connectivity index (χ3v) is 8.33. The minimum atomic E-state index is -0.728. The molecule has 3 aromatic rings. The zero-order valence-corrected chi connectivity index (χ0v) is 24.9. The fourth-order valence-corrected chi connectivity index (χ4v) is 5.30. The van der Waals surface area contributed by atoms with Crippen molar-refractivity contribution < 1.29 is 33.1 Å². The van der Waals surface area contributed by atoms with Crippen LogP contribution >= 0.6 is 0 Å². The number of alkyl carbamates (subject to hydrolysis) is 1. The number of esters is 1. The van der Waals surface area contributed by atoms with Gasteiger partial charge in [0, 0.05) is 18.0 Å². The van der Waals surface area contributed by atoms with Gasteiger partial charge in [0.25, 0.3) is 0 Å². The van der Waals surface area contributed by atoms with E-state index in [-0.39, 0.29) is 19.1 Å².